The third kappa shape index (κ3) is 9.26. The second-order valence-corrected chi connectivity index (χ2v) is 14.2. The van der Waals surface area contributed by atoms with Gasteiger partial charge in [-0.25, -0.2) is 9.59 Å². The monoisotopic (exact) mass is 750 g/mol. The van der Waals surface area contributed by atoms with Gasteiger partial charge < -0.3 is 29.1 Å². The number of aliphatic hydroxyl groups excluding tert-OH is 1. The molecule has 2 amide bonds. The Kier molecular flexibility index (Phi) is 14.6. The fourth-order valence-electron chi connectivity index (χ4n) is 8.06. The molecule has 0 spiro atoms. The van der Waals surface area contributed by atoms with Gasteiger partial charge in [0.15, 0.2) is 0 Å². The number of nitrogens with zero attached hydrogens (tertiary/aromatic N) is 2. The molecule has 2 saturated heterocycles. The number of aliphatic hydroxyl groups is 1. The number of rotatable bonds is 7. The van der Waals surface area contributed by atoms with Crippen molar-refractivity contribution in [3.05, 3.63) is 80.3 Å². The molecule has 4 aliphatic heterocycles. The molecular weight excluding hydrogens is 696 g/mol. The highest BCUT2D eigenvalue weighted by atomic mass is 35.5. The highest BCUT2D eigenvalue weighted by molar-refractivity contribution is 6.61. The predicted molar refractivity (Wildman–Crippen MR) is 207 cm³/mol. The van der Waals surface area contributed by atoms with Gasteiger partial charge in [0.2, 0.25) is 0 Å². The van der Waals surface area contributed by atoms with E-state index in [0.717, 1.165) is 91.3 Å². The number of hydrogen-bond acceptors (Lipinski definition) is 8. The molecule has 0 radical (unpaired) electrons. The van der Waals surface area contributed by atoms with Crippen LogP contribution in [0.1, 0.15) is 111 Å². The maximum Gasteiger partial charge on any atom is 0.513 e. The number of piperidine rings is 2. The highest BCUT2D eigenvalue weighted by Crippen LogP contribution is 2.42. The lowest BCUT2D eigenvalue weighted by Gasteiger charge is -2.30. The standard InChI is InChI=1S/C21H27NO4.C18H23NO2.C3H5ClO2/c1-5-15-12-13(3)11-14(4)17(15)18-19(26-21(24)25-6-2)16-9-7-8-10-22(16)20(18)23;1-4-13-10-11(2)9-12(3)15(13)16-17(20)14-7-5-6-8-19(14)18(16)21;1-2-6-3(4)5/h11-12,16H,5-10H2,1-4H3;9-10,14,20H,4-8H2,1-3H3;2H2,1H3. The summed E-state index contributed by atoms with van der Waals surface area (Å²) >= 11 is 4.72. The van der Waals surface area contributed by atoms with Crippen LogP contribution in [0.3, 0.4) is 0 Å². The van der Waals surface area contributed by atoms with Crippen molar-refractivity contribution in [1.29, 1.82) is 0 Å². The lowest BCUT2D eigenvalue weighted by molar-refractivity contribution is -0.127. The van der Waals surface area contributed by atoms with E-state index >= 15 is 0 Å². The Morgan fingerprint density at radius 1 is 0.717 bits per heavy atom. The smallest absolute Gasteiger partial charge is 0.509 e. The number of carbonyl (C=O) groups is 4. The molecule has 0 saturated carbocycles. The van der Waals surface area contributed by atoms with Gasteiger partial charge in [-0.05, 0) is 126 Å². The summed E-state index contributed by atoms with van der Waals surface area (Å²) in [6.45, 7) is 17.9. The zero-order chi connectivity index (χ0) is 39.0. The number of amides is 2. The van der Waals surface area contributed by atoms with Crippen molar-refractivity contribution in [2.45, 2.75) is 119 Å². The molecule has 0 aliphatic carbocycles. The topological polar surface area (TPSA) is 123 Å². The summed E-state index contributed by atoms with van der Waals surface area (Å²) in [4.78, 5) is 51.3. The number of benzene rings is 2. The van der Waals surface area contributed by atoms with E-state index in [-0.39, 0.29) is 30.5 Å². The van der Waals surface area contributed by atoms with Gasteiger partial charge >= 0.3 is 11.6 Å². The lowest BCUT2D eigenvalue weighted by Crippen LogP contribution is -2.40. The zero-order valence-electron chi connectivity index (χ0n) is 32.5. The Bertz CT molecular complexity index is 1780. The third-order valence-electron chi connectivity index (χ3n) is 10.2. The second-order valence-electron chi connectivity index (χ2n) is 13.9. The first-order chi connectivity index (χ1) is 25.3. The van der Waals surface area contributed by atoms with E-state index in [1.165, 1.54) is 11.1 Å². The molecule has 2 atom stereocenters. The molecule has 1 N–H and O–H groups in total. The summed E-state index contributed by atoms with van der Waals surface area (Å²) in [7, 11) is 0. The zero-order valence-corrected chi connectivity index (χ0v) is 33.3. The van der Waals surface area contributed by atoms with Crippen LogP contribution in [-0.4, -0.2) is 76.7 Å². The maximum atomic E-state index is 13.2. The van der Waals surface area contributed by atoms with Gasteiger partial charge in [0.05, 0.1) is 36.4 Å². The average Bonchev–Trinajstić information content (AvgIpc) is 3.53. The minimum absolute atomic E-state index is 0.0128. The fourth-order valence-corrected chi connectivity index (χ4v) is 8.17. The van der Waals surface area contributed by atoms with Gasteiger partial charge in [0.1, 0.15) is 11.5 Å². The molecule has 2 aromatic carbocycles. The van der Waals surface area contributed by atoms with Gasteiger partial charge in [-0.2, -0.15) is 0 Å². The first kappa shape index (κ1) is 41.4. The summed E-state index contributed by atoms with van der Waals surface area (Å²) in [5, 5.41) is 10.6. The Hall–Kier alpha value is -4.31. The fraction of sp³-hybridized carbons (Fsp3) is 0.524. The molecule has 2 unspecified atom stereocenters. The minimum atomic E-state index is -0.738. The molecular formula is C42H55ClN2O8. The van der Waals surface area contributed by atoms with Gasteiger partial charge in [-0.3, -0.25) is 9.59 Å². The second kappa shape index (κ2) is 18.6. The largest absolute Gasteiger partial charge is 0.513 e. The van der Waals surface area contributed by atoms with E-state index in [0.29, 0.717) is 35.8 Å². The third-order valence-corrected chi connectivity index (χ3v) is 10.3. The molecule has 0 aromatic heterocycles. The SMILES string of the molecule is CCOC(=O)Cl.CCOC(=O)OC1=C(c2c(C)cc(C)cc2CC)C(=O)N2CCCCC12.CCc1cc(C)cc(C)c1C1=C(O)C2CCCCN2C1=O. The Morgan fingerprint density at radius 3 is 1.64 bits per heavy atom. The molecule has 288 valence electrons. The van der Waals surface area contributed by atoms with E-state index in [2.05, 4.69) is 56.7 Å². The molecule has 0 bridgehead atoms. The number of halogens is 1. The van der Waals surface area contributed by atoms with Gasteiger partial charge in [0.25, 0.3) is 11.8 Å². The normalized spacial score (nSPS) is 19.2. The van der Waals surface area contributed by atoms with Crippen LogP contribution >= 0.6 is 11.6 Å². The van der Waals surface area contributed by atoms with Crippen molar-refractivity contribution >= 4 is 46.1 Å². The van der Waals surface area contributed by atoms with Crippen molar-refractivity contribution < 1.29 is 38.5 Å². The number of ether oxygens (including phenoxy) is 3. The van der Waals surface area contributed by atoms with E-state index in [1.54, 1.807) is 13.8 Å². The van der Waals surface area contributed by atoms with E-state index in [9.17, 15) is 24.3 Å². The van der Waals surface area contributed by atoms with Gasteiger partial charge in [-0.1, -0.05) is 49.2 Å². The summed E-state index contributed by atoms with van der Waals surface area (Å²) in [6, 6.07) is 8.16. The number of fused-ring (bicyclic) bond motifs is 2. The van der Waals surface area contributed by atoms with Crippen LogP contribution in [0.25, 0.3) is 11.1 Å². The van der Waals surface area contributed by atoms with Crippen molar-refractivity contribution in [2.24, 2.45) is 0 Å². The molecule has 53 heavy (non-hydrogen) atoms. The molecule has 6 rings (SSSR count). The molecule has 2 aromatic rings. The first-order valence-corrected chi connectivity index (χ1v) is 19.3. The summed E-state index contributed by atoms with van der Waals surface area (Å²) in [5.41, 5.74) is 8.98. The first-order valence-electron chi connectivity index (χ1n) is 19.0. The van der Waals surface area contributed by atoms with Crippen LogP contribution in [0.4, 0.5) is 9.59 Å². The molecule has 10 nitrogen and oxygen atoms in total. The minimum Gasteiger partial charge on any atom is -0.509 e. The van der Waals surface area contributed by atoms with Crippen LogP contribution in [0, 0.1) is 27.7 Å². The summed E-state index contributed by atoms with van der Waals surface area (Å²) in [6.07, 6.45) is 6.77. The molecule has 4 aliphatic rings. The summed E-state index contributed by atoms with van der Waals surface area (Å²) in [5.74, 6) is 0.741. The number of aryl methyl sites for hydroxylation is 6. The van der Waals surface area contributed by atoms with E-state index in [1.807, 2.05) is 23.6 Å². The van der Waals surface area contributed by atoms with Crippen LogP contribution < -0.4 is 0 Å². The van der Waals surface area contributed by atoms with E-state index in [4.69, 9.17) is 21.1 Å². The van der Waals surface area contributed by atoms with Gasteiger partial charge in [0, 0.05) is 24.7 Å². The van der Waals surface area contributed by atoms with Crippen LogP contribution in [0.15, 0.2) is 35.8 Å². The quantitative estimate of drug-likeness (QED) is 0.220. The van der Waals surface area contributed by atoms with Crippen LogP contribution in [-0.2, 0) is 36.6 Å². The van der Waals surface area contributed by atoms with Crippen molar-refractivity contribution in [2.75, 3.05) is 26.3 Å². The predicted octanol–water partition coefficient (Wildman–Crippen LogP) is 9.06. The van der Waals surface area contributed by atoms with E-state index < -0.39 is 11.6 Å². The van der Waals surface area contributed by atoms with Crippen LogP contribution in [0.5, 0.6) is 0 Å². The van der Waals surface area contributed by atoms with Gasteiger partial charge in [-0.15, -0.1) is 0 Å². The van der Waals surface area contributed by atoms with Crippen molar-refractivity contribution in [3.8, 4) is 0 Å². The lowest BCUT2D eigenvalue weighted by atomic mass is 9.90. The van der Waals surface area contributed by atoms with Crippen LogP contribution in [0.2, 0.25) is 0 Å². The molecule has 4 heterocycles. The molecule has 2 fully saturated rings. The number of hydrogen-bond donors (Lipinski definition) is 1. The Labute approximate surface area is 319 Å². The maximum absolute atomic E-state index is 13.2. The average molecular weight is 751 g/mol. The highest BCUT2D eigenvalue weighted by Gasteiger charge is 2.45. The molecule has 11 heteroatoms. The summed E-state index contributed by atoms with van der Waals surface area (Å²) < 4.78 is 14.8. The number of carbonyl (C=O) groups excluding carboxylic acids is 4. The Morgan fingerprint density at radius 2 is 1.19 bits per heavy atom. The Balaban J connectivity index is 0.000000209. The van der Waals surface area contributed by atoms with Crippen molar-refractivity contribution in [3.63, 3.8) is 0 Å². The van der Waals surface area contributed by atoms with Crippen molar-refractivity contribution in [1.82, 2.24) is 9.80 Å².